The lowest BCUT2D eigenvalue weighted by atomic mass is 9.91. The SMILES string of the molecule is Cc1cnn2c(NCc3cccnc3)cc(C3CCCN(C(=O)C4CCCCCC4)C3)nc12. The predicted molar refractivity (Wildman–Crippen MR) is 129 cm³/mol. The van der Waals surface area contributed by atoms with E-state index in [4.69, 9.17) is 4.98 Å². The number of fused-ring (bicyclic) bond motifs is 1. The van der Waals surface area contributed by atoms with Gasteiger partial charge in [0, 0.05) is 55.5 Å². The van der Waals surface area contributed by atoms with Crippen molar-refractivity contribution in [1.82, 2.24) is 24.5 Å². The molecule has 0 bridgehead atoms. The Morgan fingerprint density at radius 3 is 2.76 bits per heavy atom. The normalized spacial score (nSPS) is 20.0. The summed E-state index contributed by atoms with van der Waals surface area (Å²) < 4.78 is 1.88. The largest absolute Gasteiger partial charge is 0.366 e. The second-order valence-corrected chi connectivity index (χ2v) is 9.66. The summed E-state index contributed by atoms with van der Waals surface area (Å²) in [5.74, 6) is 1.78. The monoisotopic (exact) mass is 446 g/mol. The average molecular weight is 447 g/mol. The molecule has 7 nitrogen and oxygen atoms in total. The molecule has 1 aliphatic carbocycles. The topological polar surface area (TPSA) is 75.4 Å². The molecule has 2 aliphatic rings. The van der Waals surface area contributed by atoms with Gasteiger partial charge in [-0.05, 0) is 44.2 Å². The second kappa shape index (κ2) is 9.89. The van der Waals surface area contributed by atoms with Gasteiger partial charge in [-0.2, -0.15) is 9.61 Å². The highest BCUT2D eigenvalue weighted by molar-refractivity contribution is 5.79. The molecule has 1 amide bonds. The van der Waals surface area contributed by atoms with Crippen LogP contribution in [0.4, 0.5) is 5.82 Å². The number of hydrogen-bond acceptors (Lipinski definition) is 5. The molecule has 1 atom stereocenters. The van der Waals surface area contributed by atoms with Crippen LogP contribution in [0.15, 0.2) is 36.8 Å². The number of carbonyl (C=O) groups excluding carboxylic acids is 1. The molecule has 3 aromatic heterocycles. The molecule has 3 aromatic rings. The molecule has 0 spiro atoms. The Hall–Kier alpha value is -2.96. The number of piperidine rings is 1. The van der Waals surface area contributed by atoms with Crippen LogP contribution in [0.5, 0.6) is 0 Å². The Morgan fingerprint density at radius 2 is 1.97 bits per heavy atom. The number of anilines is 1. The molecule has 7 heteroatoms. The first-order chi connectivity index (χ1) is 16.2. The molecule has 174 valence electrons. The number of nitrogens with one attached hydrogen (secondary N) is 1. The zero-order chi connectivity index (χ0) is 22.6. The third-order valence-corrected chi connectivity index (χ3v) is 7.22. The van der Waals surface area contributed by atoms with E-state index in [-0.39, 0.29) is 11.8 Å². The summed E-state index contributed by atoms with van der Waals surface area (Å²) in [5, 5.41) is 8.07. The molecule has 0 radical (unpaired) electrons. The second-order valence-electron chi connectivity index (χ2n) is 9.66. The fraction of sp³-hybridized carbons (Fsp3) is 0.538. The molecule has 4 heterocycles. The van der Waals surface area contributed by atoms with Gasteiger partial charge in [-0.1, -0.05) is 31.7 Å². The minimum Gasteiger partial charge on any atom is -0.366 e. The first-order valence-corrected chi connectivity index (χ1v) is 12.5. The molecule has 1 N–H and O–H groups in total. The van der Waals surface area contributed by atoms with E-state index >= 15 is 0 Å². The predicted octanol–water partition coefficient (Wildman–Crippen LogP) is 4.72. The Bertz CT molecular complexity index is 1090. The molecule has 1 saturated carbocycles. The van der Waals surface area contributed by atoms with Crippen molar-refractivity contribution in [2.75, 3.05) is 18.4 Å². The molecule has 1 aliphatic heterocycles. The van der Waals surface area contributed by atoms with Crippen molar-refractivity contribution in [3.8, 4) is 0 Å². The van der Waals surface area contributed by atoms with Gasteiger partial charge in [0.1, 0.15) is 5.82 Å². The number of carbonyl (C=O) groups is 1. The van der Waals surface area contributed by atoms with Crippen LogP contribution in [0.25, 0.3) is 5.65 Å². The number of aryl methyl sites for hydroxylation is 1. The number of hydrogen-bond donors (Lipinski definition) is 1. The molecule has 0 aromatic carbocycles. The van der Waals surface area contributed by atoms with E-state index < -0.39 is 0 Å². The molecule has 5 rings (SSSR count). The van der Waals surface area contributed by atoms with Gasteiger partial charge in [0.25, 0.3) is 0 Å². The number of nitrogens with zero attached hydrogens (tertiary/aromatic N) is 5. The van der Waals surface area contributed by atoms with Gasteiger partial charge in [0.15, 0.2) is 5.65 Å². The number of amides is 1. The maximum Gasteiger partial charge on any atom is 0.225 e. The number of aromatic nitrogens is 4. The highest BCUT2D eigenvalue weighted by atomic mass is 16.2. The van der Waals surface area contributed by atoms with Crippen LogP contribution in [0.3, 0.4) is 0 Å². The minimum absolute atomic E-state index is 0.218. The highest BCUT2D eigenvalue weighted by Gasteiger charge is 2.31. The van der Waals surface area contributed by atoms with E-state index in [0.29, 0.717) is 12.5 Å². The van der Waals surface area contributed by atoms with Crippen LogP contribution in [-0.2, 0) is 11.3 Å². The van der Waals surface area contributed by atoms with Crippen molar-refractivity contribution in [3.05, 3.63) is 53.6 Å². The third kappa shape index (κ3) is 4.87. The van der Waals surface area contributed by atoms with Gasteiger partial charge in [0.2, 0.25) is 5.91 Å². The standard InChI is InChI=1S/C26H34N6O/c1-19-15-29-32-24(28-17-20-8-6-12-27-16-20)14-23(30-25(19)32)22-11-7-13-31(18-22)26(33)21-9-4-2-3-5-10-21/h6,8,12,14-16,21-22,28H,2-5,7,9-11,13,17-18H2,1H3. The number of rotatable bonds is 5. The summed E-state index contributed by atoms with van der Waals surface area (Å²) in [5.41, 5.74) is 4.11. The summed E-state index contributed by atoms with van der Waals surface area (Å²) >= 11 is 0. The number of pyridine rings is 1. The van der Waals surface area contributed by atoms with Gasteiger partial charge >= 0.3 is 0 Å². The lowest BCUT2D eigenvalue weighted by Gasteiger charge is -2.35. The summed E-state index contributed by atoms with van der Waals surface area (Å²) in [6.45, 7) is 4.37. The van der Waals surface area contributed by atoms with E-state index in [1.165, 1.54) is 25.7 Å². The Labute approximate surface area is 195 Å². The average Bonchev–Trinajstić information content (AvgIpc) is 3.06. The first-order valence-electron chi connectivity index (χ1n) is 12.5. The van der Waals surface area contributed by atoms with Gasteiger partial charge in [-0.3, -0.25) is 9.78 Å². The van der Waals surface area contributed by atoms with E-state index in [2.05, 4.69) is 32.4 Å². The molecule has 1 unspecified atom stereocenters. The lowest BCUT2D eigenvalue weighted by Crippen LogP contribution is -2.42. The van der Waals surface area contributed by atoms with Gasteiger partial charge in [-0.15, -0.1) is 0 Å². The van der Waals surface area contributed by atoms with Crippen LogP contribution in [-0.4, -0.2) is 43.5 Å². The molecule has 33 heavy (non-hydrogen) atoms. The fourth-order valence-corrected chi connectivity index (χ4v) is 5.33. The van der Waals surface area contributed by atoms with E-state index in [1.54, 1.807) is 6.20 Å². The molecule has 1 saturated heterocycles. The smallest absolute Gasteiger partial charge is 0.225 e. The zero-order valence-electron chi connectivity index (χ0n) is 19.5. The van der Waals surface area contributed by atoms with E-state index in [1.807, 2.05) is 29.9 Å². The van der Waals surface area contributed by atoms with E-state index in [0.717, 1.165) is 67.1 Å². The molecular formula is C26H34N6O. The van der Waals surface area contributed by atoms with Gasteiger partial charge in [-0.25, -0.2) is 4.98 Å². The van der Waals surface area contributed by atoms with Crippen LogP contribution in [0, 0.1) is 12.8 Å². The van der Waals surface area contributed by atoms with Crippen LogP contribution in [0.1, 0.15) is 74.1 Å². The third-order valence-electron chi connectivity index (χ3n) is 7.22. The molecule has 2 fully saturated rings. The zero-order valence-corrected chi connectivity index (χ0v) is 19.5. The van der Waals surface area contributed by atoms with Crippen LogP contribution >= 0.6 is 0 Å². The van der Waals surface area contributed by atoms with Crippen LogP contribution in [0.2, 0.25) is 0 Å². The summed E-state index contributed by atoms with van der Waals surface area (Å²) in [4.78, 5) is 24.7. The first kappa shape index (κ1) is 21.9. The highest BCUT2D eigenvalue weighted by Crippen LogP contribution is 2.31. The minimum atomic E-state index is 0.218. The Kier molecular flexibility index (Phi) is 6.55. The maximum absolute atomic E-state index is 13.3. The van der Waals surface area contributed by atoms with Gasteiger partial charge < -0.3 is 10.2 Å². The van der Waals surface area contributed by atoms with Crippen molar-refractivity contribution in [1.29, 1.82) is 0 Å². The van der Waals surface area contributed by atoms with Crippen molar-refractivity contribution in [3.63, 3.8) is 0 Å². The number of likely N-dealkylation sites (tertiary alicyclic amines) is 1. The van der Waals surface area contributed by atoms with Crippen molar-refractivity contribution in [2.45, 2.75) is 70.8 Å². The van der Waals surface area contributed by atoms with Gasteiger partial charge in [0.05, 0.1) is 11.9 Å². The summed E-state index contributed by atoms with van der Waals surface area (Å²) in [6.07, 6.45) is 14.7. The van der Waals surface area contributed by atoms with Crippen molar-refractivity contribution in [2.24, 2.45) is 5.92 Å². The van der Waals surface area contributed by atoms with E-state index in [9.17, 15) is 4.79 Å². The molecular weight excluding hydrogens is 412 g/mol. The summed E-state index contributed by atoms with van der Waals surface area (Å²) in [7, 11) is 0. The van der Waals surface area contributed by atoms with Crippen molar-refractivity contribution >= 4 is 17.4 Å². The maximum atomic E-state index is 13.3. The summed E-state index contributed by atoms with van der Waals surface area (Å²) in [6, 6.07) is 6.14. The van der Waals surface area contributed by atoms with Crippen LogP contribution < -0.4 is 5.32 Å². The Balaban J connectivity index is 1.37. The fourth-order valence-electron chi connectivity index (χ4n) is 5.33. The lowest BCUT2D eigenvalue weighted by molar-refractivity contribution is -0.137. The van der Waals surface area contributed by atoms with Crippen molar-refractivity contribution < 1.29 is 4.79 Å². The quantitative estimate of drug-likeness (QED) is 0.574. The Morgan fingerprint density at radius 1 is 1.12 bits per heavy atom.